The summed E-state index contributed by atoms with van der Waals surface area (Å²) in [6.45, 7) is 12.2. The zero-order chi connectivity index (χ0) is 20.8. The van der Waals surface area contributed by atoms with Crippen LogP contribution in [-0.4, -0.2) is 49.4 Å². The second kappa shape index (κ2) is 7.42. The molecule has 2 bridgehead atoms. The Kier molecular flexibility index (Phi) is 5.21. The van der Waals surface area contributed by atoms with Crippen molar-refractivity contribution in [1.29, 1.82) is 0 Å². The van der Waals surface area contributed by atoms with Gasteiger partial charge in [-0.1, -0.05) is 58.5 Å². The number of hydrogen-bond acceptors (Lipinski definition) is 5. The first kappa shape index (κ1) is 20.4. The van der Waals surface area contributed by atoms with E-state index in [9.17, 15) is 4.79 Å². The molecule has 2 heterocycles. The minimum Gasteiger partial charge on any atom is -0.338 e. The lowest BCUT2D eigenvalue weighted by atomic mass is 9.65. The SMILES string of the molecule is CC(C)c1ccc(-n2nnnc2SCC(=O)N2C[C@]3(C)C[C@H]2CC(C)(C)C3)cc1. The number of aromatic nitrogens is 4. The summed E-state index contributed by atoms with van der Waals surface area (Å²) in [4.78, 5) is 15.1. The summed E-state index contributed by atoms with van der Waals surface area (Å²) < 4.78 is 1.72. The highest BCUT2D eigenvalue weighted by Crippen LogP contribution is 2.52. The normalized spacial score (nSPS) is 25.6. The molecule has 0 unspecified atom stereocenters. The number of carbonyl (C=O) groups is 1. The van der Waals surface area contributed by atoms with E-state index in [-0.39, 0.29) is 11.3 Å². The van der Waals surface area contributed by atoms with Crippen LogP contribution >= 0.6 is 11.8 Å². The number of hydrogen-bond donors (Lipinski definition) is 0. The van der Waals surface area contributed by atoms with Crippen LogP contribution in [0.25, 0.3) is 5.69 Å². The first-order valence-corrected chi connectivity index (χ1v) is 11.5. The van der Waals surface area contributed by atoms with Crippen molar-refractivity contribution in [3.05, 3.63) is 29.8 Å². The Bertz CT molecular complexity index is 891. The molecule has 1 saturated heterocycles. The predicted molar refractivity (Wildman–Crippen MR) is 115 cm³/mol. The Hall–Kier alpha value is -1.89. The molecule has 4 rings (SSSR count). The molecule has 0 N–H and O–H groups in total. The summed E-state index contributed by atoms with van der Waals surface area (Å²) >= 11 is 1.42. The van der Waals surface area contributed by atoms with E-state index in [0.29, 0.717) is 28.3 Å². The van der Waals surface area contributed by atoms with Crippen LogP contribution in [0.1, 0.15) is 65.4 Å². The van der Waals surface area contributed by atoms with Gasteiger partial charge in [-0.2, -0.15) is 4.68 Å². The van der Waals surface area contributed by atoms with Crippen molar-refractivity contribution < 1.29 is 4.79 Å². The molecule has 1 aliphatic carbocycles. The van der Waals surface area contributed by atoms with Gasteiger partial charge in [0.1, 0.15) is 0 Å². The summed E-state index contributed by atoms with van der Waals surface area (Å²) in [7, 11) is 0. The first-order chi connectivity index (χ1) is 13.7. The lowest BCUT2D eigenvalue weighted by Gasteiger charge is -2.39. The van der Waals surface area contributed by atoms with Gasteiger partial charge < -0.3 is 4.90 Å². The van der Waals surface area contributed by atoms with Gasteiger partial charge in [0, 0.05) is 12.6 Å². The van der Waals surface area contributed by atoms with Crippen LogP contribution in [0, 0.1) is 10.8 Å². The fourth-order valence-corrected chi connectivity index (χ4v) is 6.17. The van der Waals surface area contributed by atoms with Crippen LogP contribution in [0.15, 0.2) is 29.4 Å². The molecule has 2 aromatic rings. The quantitative estimate of drug-likeness (QED) is 0.684. The van der Waals surface area contributed by atoms with E-state index in [0.717, 1.165) is 25.1 Å². The van der Waals surface area contributed by atoms with Crippen molar-refractivity contribution in [2.45, 2.75) is 71.0 Å². The van der Waals surface area contributed by atoms with Gasteiger partial charge in [0.25, 0.3) is 0 Å². The zero-order valence-electron chi connectivity index (χ0n) is 18.1. The number of likely N-dealkylation sites (tertiary alicyclic amines) is 1. The third kappa shape index (κ3) is 4.20. The maximum absolute atomic E-state index is 13.0. The van der Waals surface area contributed by atoms with Crippen LogP contribution in [0.4, 0.5) is 0 Å². The number of nitrogens with zero attached hydrogens (tertiary/aromatic N) is 5. The van der Waals surface area contributed by atoms with Crippen molar-refractivity contribution in [3.8, 4) is 5.69 Å². The molecule has 1 amide bonds. The smallest absolute Gasteiger partial charge is 0.233 e. The second-order valence-electron chi connectivity index (χ2n) is 10.1. The average Bonchev–Trinajstić information content (AvgIpc) is 3.20. The highest BCUT2D eigenvalue weighted by Gasteiger charge is 2.50. The Balaban J connectivity index is 1.43. The fraction of sp³-hybridized carbons (Fsp3) is 0.636. The highest BCUT2D eigenvalue weighted by molar-refractivity contribution is 7.99. The summed E-state index contributed by atoms with van der Waals surface area (Å²) in [5.74, 6) is 1.06. The predicted octanol–water partition coefficient (Wildman–Crippen LogP) is 4.31. The Labute approximate surface area is 177 Å². The Morgan fingerprint density at radius 1 is 1.21 bits per heavy atom. The van der Waals surface area contributed by atoms with E-state index in [1.807, 2.05) is 12.1 Å². The minimum absolute atomic E-state index is 0.200. The van der Waals surface area contributed by atoms with E-state index < -0.39 is 0 Å². The number of carbonyl (C=O) groups excluding carboxylic acids is 1. The summed E-state index contributed by atoms with van der Waals surface area (Å²) in [6, 6.07) is 8.65. The van der Waals surface area contributed by atoms with Crippen LogP contribution in [0.5, 0.6) is 0 Å². The van der Waals surface area contributed by atoms with Gasteiger partial charge in [0.2, 0.25) is 11.1 Å². The molecule has 2 aliphatic rings. The second-order valence-corrected chi connectivity index (χ2v) is 11.1. The van der Waals surface area contributed by atoms with Gasteiger partial charge in [-0.3, -0.25) is 4.79 Å². The number of rotatable bonds is 5. The van der Waals surface area contributed by atoms with Gasteiger partial charge >= 0.3 is 0 Å². The molecule has 2 atom stereocenters. The Morgan fingerprint density at radius 3 is 2.62 bits per heavy atom. The maximum atomic E-state index is 13.0. The molecule has 6 nitrogen and oxygen atoms in total. The summed E-state index contributed by atoms with van der Waals surface area (Å²) in [6.07, 6.45) is 3.42. The summed E-state index contributed by atoms with van der Waals surface area (Å²) in [5, 5.41) is 12.8. The van der Waals surface area contributed by atoms with E-state index in [4.69, 9.17) is 0 Å². The fourth-order valence-electron chi connectivity index (χ4n) is 5.39. The van der Waals surface area contributed by atoms with Crippen molar-refractivity contribution in [3.63, 3.8) is 0 Å². The topological polar surface area (TPSA) is 63.9 Å². The van der Waals surface area contributed by atoms with Crippen LogP contribution < -0.4 is 0 Å². The average molecular weight is 414 g/mol. The molecule has 0 spiro atoms. The van der Waals surface area contributed by atoms with Crippen LogP contribution in [-0.2, 0) is 4.79 Å². The Morgan fingerprint density at radius 2 is 1.93 bits per heavy atom. The zero-order valence-corrected chi connectivity index (χ0v) is 18.9. The molecule has 156 valence electrons. The molecule has 1 aliphatic heterocycles. The lowest BCUT2D eigenvalue weighted by molar-refractivity contribution is -0.129. The van der Waals surface area contributed by atoms with Crippen molar-refractivity contribution >= 4 is 17.7 Å². The third-order valence-corrected chi connectivity index (χ3v) is 7.21. The largest absolute Gasteiger partial charge is 0.338 e. The molecule has 1 aromatic carbocycles. The number of tetrazole rings is 1. The number of thioether (sulfide) groups is 1. The van der Waals surface area contributed by atoms with Crippen LogP contribution in [0.3, 0.4) is 0 Å². The van der Waals surface area contributed by atoms with Crippen LogP contribution in [0.2, 0.25) is 0 Å². The molecular weight excluding hydrogens is 382 g/mol. The van der Waals surface area contributed by atoms with Gasteiger partial charge in [-0.25, -0.2) is 0 Å². The van der Waals surface area contributed by atoms with Gasteiger partial charge in [-0.05, 0) is 64.1 Å². The maximum Gasteiger partial charge on any atom is 0.233 e. The van der Waals surface area contributed by atoms with Gasteiger partial charge in [-0.15, -0.1) is 5.10 Å². The molecule has 0 radical (unpaired) electrons. The number of benzene rings is 1. The summed E-state index contributed by atoms with van der Waals surface area (Å²) in [5.41, 5.74) is 2.77. The molecule has 1 saturated carbocycles. The van der Waals surface area contributed by atoms with E-state index in [1.165, 1.54) is 23.7 Å². The van der Waals surface area contributed by atoms with Crippen molar-refractivity contribution in [1.82, 2.24) is 25.1 Å². The highest BCUT2D eigenvalue weighted by atomic mass is 32.2. The third-order valence-electron chi connectivity index (χ3n) is 6.31. The molecule has 2 fully saturated rings. The molecular formula is C22H31N5OS. The minimum atomic E-state index is 0.200. The first-order valence-electron chi connectivity index (χ1n) is 10.5. The van der Waals surface area contributed by atoms with Gasteiger partial charge in [0.05, 0.1) is 11.4 Å². The standard InChI is InChI=1S/C22H31N5OS/c1-15(2)16-6-8-17(9-7-16)27-20(23-24-25-27)29-12-19(28)26-14-22(5)11-18(26)10-21(3,4)13-22/h6-9,15,18H,10-14H2,1-5H3/t18-,22-/m1/s1. The lowest BCUT2D eigenvalue weighted by Crippen LogP contribution is -2.38. The molecule has 1 aromatic heterocycles. The number of fused-ring (bicyclic) bond motifs is 2. The van der Waals surface area contributed by atoms with E-state index in [1.54, 1.807) is 4.68 Å². The molecule has 7 heteroatoms. The van der Waals surface area contributed by atoms with E-state index >= 15 is 0 Å². The van der Waals surface area contributed by atoms with Gasteiger partial charge in [0.15, 0.2) is 0 Å². The number of amides is 1. The van der Waals surface area contributed by atoms with E-state index in [2.05, 4.69) is 67.2 Å². The molecule has 29 heavy (non-hydrogen) atoms. The van der Waals surface area contributed by atoms with Crippen molar-refractivity contribution in [2.24, 2.45) is 10.8 Å². The van der Waals surface area contributed by atoms with Crippen molar-refractivity contribution in [2.75, 3.05) is 12.3 Å². The monoisotopic (exact) mass is 413 g/mol.